The van der Waals surface area contributed by atoms with E-state index in [0.717, 1.165) is 22.6 Å². The van der Waals surface area contributed by atoms with Crippen LogP contribution in [0, 0.1) is 11.8 Å². The van der Waals surface area contributed by atoms with Crippen molar-refractivity contribution in [1.82, 2.24) is 15.5 Å². The van der Waals surface area contributed by atoms with Crippen LogP contribution in [-0.4, -0.2) is 56.0 Å². The molecule has 34 heavy (non-hydrogen) atoms. The van der Waals surface area contributed by atoms with Gasteiger partial charge in [0.1, 0.15) is 0 Å². The third-order valence-corrected chi connectivity index (χ3v) is 5.49. The van der Waals surface area contributed by atoms with Crippen LogP contribution in [0.2, 0.25) is 0 Å². The Hall–Kier alpha value is -3.89. The highest BCUT2D eigenvalue weighted by atomic mass is 16.5. The van der Waals surface area contributed by atoms with Crippen LogP contribution in [0.15, 0.2) is 54.6 Å². The molecule has 1 unspecified atom stereocenters. The molecule has 1 atom stereocenters. The van der Waals surface area contributed by atoms with E-state index in [2.05, 4.69) is 39.3 Å². The summed E-state index contributed by atoms with van der Waals surface area (Å²) in [6.45, 7) is 0.891. The van der Waals surface area contributed by atoms with Gasteiger partial charge in [0.15, 0.2) is 0 Å². The van der Waals surface area contributed by atoms with Crippen LogP contribution in [0.25, 0.3) is 6.08 Å². The first-order valence-corrected chi connectivity index (χ1v) is 11.1. The number of likely N-dealkylation sites (N-methyl/N-ethyl adjacent to an activating group) is 2. The number of benzene rings is 2. The highest BCUT2D eigenvalue weighted by molar-refractivity contribution is 6.07. The molecular formula is C27H29N3O4. The molecule has 7 heteroatoms. The molecular weight excluding hydrogens is 430 g/mol. The first-order valence-electron chi connectivity index (χ1n) is 11.1. The first-order chi connectivity index (χ1) is 16.4. The van der Waals surface area contributed by atoms with Crippen molar-refractivity contribution in [2.75, 3.05) is 21.2 Å². The summed E-state index contributed by atoms with van der Waals surface area (Å²) in [7, 11) is 3.95. The maximum Gasteiger partial charge on any atom is 0.338 e. The third-order valence-electron chi connectivity index (χ3n) is 5.49. The Kier molecular flexibility index (Phi) is 8.60. The van der Waals surface area contributed by atoms with Gasteiger partial charge in [-0.1, -0.05) is 36.1 Å². The molecule has 2 aromatic rings. The number of carbonyl (C=O) groups is 3. The van der Waals surface area contributed by atoms with Gasteiger partial charge in [0.25, 0.3) is 11.8 Å². The Balaban J connectivity index is 1.58. The van der Waals surface area contributed by atoms with Gasteiger partial charge in [-0.15, -0.1) is 0 Å². The first kappa shape index (κ1) is 24.7. The van der Waals surface area contributed by atoms with E-state index in [1.807, 2.05) is 18.2 Å². The molecule has 2 amide bonds. The number of nitrogens with zero attached hydrogens (tertiary/aromatic N) is 1. The SMILES string of the molecule is CNC(=O)C(C(=O)OC)N(C)C(=O)c1ccc(C=CC#Cc2ccc(CNC3CC3)cc2)cc1. The van der Waals surface area contributed by atoms with E-state index in [0.29, 0.717) is 11.6 Å². The second-order valence-corrected chi connectivity index (χ2v) is 8.03. The fourth-order valence-corrected chi connectivity index (χ4v) is 3.27. The molecule has 1 aliphatic carbocycles. The summed E-state index contributed by atoms with van der Waals surface area (Å²) >= 11 is 0. The van der Waals surface area contributed by atoms with Gasteiger partial charge in [-0.2, -0.15) is 0 Å². The molecule has 7 nitrogen and oxygen atoms in total. The topological polar surface area (TPSA) is 87.7 Å². The zero-order chi connectivity index (χ0) is 24.5. The lowest BCUT2D eigenvalue weighted by atomic mass is 10.1. The molecule has 0 saturated heterocycles. The summed E-state index contributed by atoms with van der Waals surface area (Å²) in [4.78, 5) is 37.8. The number of allylic oxidation sites excluding steroid dienone is 1. The van der Waals surface area contributed by atoms with Gasteiger partial charge >= 0.3 is 5.97 Å². The minimum absolute atomic E-state index is 0.347. The van der Waals surface area contributed by atoms with Gasteiger partial charge in [-0.25, -0.2) is 4.79 Å². The smallest absolute Gasteiger partial charge is 0.338 e. The zero-order valence-electron chi connectivity index (χ0n) is 19.6. The molecule has 0 radical (unpaired) electrons. The predicted molar refractivity (Wildman–Crippen MR) is 131 cm³/mol. The van der Waals surface area contributed by atoms with Crippen molar-refractivity contribution in [3.8, 4) is 11.8 Å². The van der Waals surface area contributed by atoms with Crippen LogP contribution in [0.3, 0.4) is 0 Å². The van der Waals surface area contributed by atoms with E-state index in [1.54, 1.807) is 30.3 Å². The summed E-state index contributed by atoms with van der Waals surface area (Å²) in [5, 5.41) is 5.86. The van der Waals surface area contributed by atoms with Crippen LogP contribution >= 0.6 is 0 Å². The van der Waals surface area contributed by atoms with E-state index in [4.69, 9.17) is 0 Å². The highest BCUT2D eigenvalue weighted by Gasteiger charge is 2.34. The number of rotatable bonds is 8. The number of esters is 1. The molecule has 1 saturated carbocycles. The number of hydrogen-bond donors (Lipinski definition) is 2. The highest BCUT2D eigenvalue weighted by Crippen LogP contribution is 2.19. The molecule has 0 heterocycles. The minimum atomic E-state index is -1.36. The van der Waals surface area contributed by atoms with Crippen LogP contribution in [0.4, 0.5) is 0 Å². The van der Waals surface area contributed by atoms with Crippen LogP contribution < -0.4 is 10.6 Å². The molecule has 2 aromatic carbocycles. The fourth-order valence-electron chi connectivity index (χ4n) is 3.27. The van der Waals surface area contributed by atoms with Crippen molar-refractivity contribution in [2.24, 2.45) is 0 Å². The zero-order valence-corrected chi connectivity index (χ0v) is 19.6. The minimum Gasteiger partial charge on any atom is -0.467 e. The van der Waals surface area contributed by atoms with E-state index >= 15 is 0 Å². The molecule has 1 aliphatic rings. The molecule has 176 valence electrons. The maximum absolute atomic E-state index is 12.8. The Morgan fingerprint density at radius 3 is 2.38 bits per heavy atom. The number of nitrogens with one attached hydrogen (secondary N) is 2. The summed E-state index contributed by atoms with van der Waals surface area (Å²) in [5.74, 6) is 4.23. The molecule has 2 N–H and O–H groups in total. The van der Waals surface area contributed by atoms with Crippen LogP contribution in [0.1, 0.15) is 39.9 Å². The predicted octanol–water partition coefficient (Wildman–Crippen LogP) is 2.36. The van der Waals surface area contributed by atoms with Gasteiger partial charge in [0, 0.05) is 37.8 Å². The van der Waals surface area contributed by atoms with Crippen molar-refractivity contribution in [3.63, 3.8) is 0 Å². The monoisotopic (exact) mass is 459 g/mol. The largest absolute Gasteiger partial charge is 0.467 e. The van der Waals surface area contributed by atoms with Crippen molar-refractivity contribution in [3.05, 3.63) is 76.9 Å². The normalized spacial score (nSPS) is 13.5. The van der Waals surface area contributed by atoms with E-state index in [9.17, 15) is 14.4 Å². The summed E-state index contributed by atoms with van der Waals surface area (Å²) in [6.07, 6.45) is 6.16. The lowest BCUT2D eigenvalue weighted by Gasteiger charge is -2.24. The Morgan fingerprint density at radius 2 is 1.79 bits per heavy atom. The number of carbonyl (C=O) groups excluding carboxylic acids is 3. The lowest BCUT2D eigenvalue weighted by Crippen LogP contribution is -2.51. The third kappa shape index (κ3) is 6.80. The second kappa shape index (κ2) is 11.8. The van der Waals surface area contributed by atoms with E-state index < -0.39 is 23.8 Å². The maximum atomic E-state index is 12.8. The van der Waals surface area contributed by atoms with Crippen molar-refractivity contribution >= 4 is 23.9 Å². The summed E-state index contributed by atoms with van der Waals surface area (Å²) in [5.41, 5.74) is 3.41. The number of ether oxygens (including phenoxy) is 1. The average Bonchev–Trinajstić information content (AvgIpc) is 3.70. The summed E-state index contributed by atoms with van der Waals surface area (Å²) in [6, 6.07) is 14.4. The Bertz CT molecular complexity index is 1090. The van der Waals surface area contributed by atoms with Crippen LogP contribution in [-0.2, 0) is 20.9 Å². The summed E-state index contributed by atoms with van der Waals surface area (Å²) < 4.78 is 4.66. The second-order valence-electron chi connectivity index (χ2n) is 8.03. The molecule has 0 spiro atoms. The average molecular weight is 460 g/mol. The van der Waals surface area contributed by atoms with E-state index in [-0.39, 0.29) is 0 Å². The van der Waals surface area contributed by atoms with Gasteiger partial charge < -0.3 is 20.3 Å². The number of methoxy groups -OCH3 is 1. The number of amides is 2. The molecule has 0 bridgehead atoms. The fraction of sp³-hybridized carbons (Fsp3) is 0.296. The standard InChI is InChI=1S/C27H29N3O4/c1-28-25(31)24(27(33)34-3)30(2)26(32)22-14-12-20(13-15-22)7-5-4-6-19-8-10-21(11-9-19)18-29-23-16-17-23/h5,7-15,23-24,29H,16-18H2,1-3H3,(H,28,31). The number of hydrogen-bond acceptors (Lipinski definition) is 5. The van der Waals surface area contributed by atoms with Gasteiger partial charge in [-0.3, -0.25) is 9.59 Å². The van der Waals surface area contributed by atoms with E-state index in [1.165, 1.54) is 39.6 Å². The molecule has 0 aliphatic heterocycles. The van der Waals surface area contributed by atoms with Gasteiger partial charge in [-0.05, 0) is 60.4 Å². The van der Waals surface area contributed by atoms with Crippen molar-refractivity contribution in [2.45, 2.75) is 31.5 Å². The lowest BCUT2D eigenvalue weighted by molar-refractivity contribution is -0.150. The Morgan fingerprint density at radius 1 is 1.12 bits per heavy atom. The van der Waals surface area contributed by atoms with Gasteiger partial charge in [0.2, 0.25) is 6.04 Å². The van der Waals surface area contributed by atoms with Crippen LogP contribution in [0.5, 0.6) is 0 Å². The molecule has 0 aromatic heterocycles. The quantitative estimate of drug-likeness (QED) is 0.360. The molecule has 3 rings (SSSR count). The molecule has 1 fully saturated rings. The van der Waals surface area contributed by atoms with Crippen molar-refractivity contribution in [1.29, 1.82) is 0 Å². The Labute approximate surface area is 200 Å². The van der Waals surface area contributed by atoms with Gasteiger partial charge in [0.05, 0.1) is 7.11 Å². The van der Waals surface area contributed by atoms with Crippen molar-refractivity contribution < 1.29 is 19.1 Å².